The molecule has 0 aromatic carbocycles. The van der Waals surface area contributed by atoms with E-state index in [1.807, 2.05) is 6.92 Å². The smallest absolute Gasteiger partial charge is 0.226 e. The minimum atomic E-state index is -0.116. The monoisotopic (exact) mass is 276 g/mol. The van der Waals surface area contributed by atoms with Gasteiger partial charge in [0.2, 0.25) is 11.8 Å². The molecule has 1 saturated heterocycles. The number of anilines is 1. The van der Waals surface area contributed by atoms with Gasteiger partial charge >= 0.3 is 0 Å². The van der Waals surface area contributed by atoms with Crippen molar-refractivity contribution in [2.45, 2.75) is 13.3 Å². The largest absolute Gasteiger partial charge is 0.355 e. The van der Waals surface area contributed by atoms with Crippen LogP contribution in [0.15, 0.2) is 24.5 Å². The van der Waals surface area contributed by atoms with E-state index in [1.165, 1.54) is 0 Å². The number of pyridine rings is 1. The first-order chi connectivity index (χ1) is 9.66. The molecule has 2 rings (SSSR count). The van der Waals surface area contributed by atoms with Gasteiger partial charge in [0, 0.05) is 37.0 Å². The van der Waals surface area contributed by atoms with Gasteiger partial charge in [0.15, 0.2) is 0 Å². The van der Waals surface area contributed by atoms with Crippen molar-refractivity contribution < 1.29 is 9.59 Å². The van der Waals surface area contributed by atoms with Crippen LogP contribution in [0.3, 0.4) is 0 Å². The van der Waals surface area contributed by atoms with Crippen molar-refractivity contribution in [3.63, 3.8) is 0 Å². The van der Waals surface area contributed by atoms with E-state index in [1.54, 1.807) is 24.5 Å². The molecule has 1 unspecified atom stereocenters. The van der Waals surface area contributed by atoms with Gasteiger partial charge in [-0.3, -0.25) is 14.6 Å². The Bertz CT molecular complexity index is 460. The van der Waals surface area contributed by atoms with E-state index in [0.29, 0.717) is 18.2 Å². The van der Waals surface area contributed by atoms with Crippen LogP contribution < -0.4 is 16.0 Å². The highest BCUT2D eigenvalue weighted by Gasteiger charge is 2.28. The standard InChI is InChI=1S/C14H20N4O2/c1-10(11-8-16-9-11)14(20)17-7-4-13(19)18-12-2-5-15-6-3-12/h2-3,5-6,10-11,16H,4,7-9H2,1H3,(H,17,20)(H,15,18,19). The minimum Gasteiger partial charge on any atom is -0.355 e. The third-order valence-electron chi connectivity index (χ3n) is 3.55. The molecule has 1 aliphatic rings. The Morgan fingerprint density at radius 1 is 1.40 bits per heavy atom. The number of hydrogen-bond donors (Lipinski definition) is 3. The highest BCUT2D eigenvalue weighted by atomic mass is 16.2. The molecule has 1 atom stereocenters. The summed E-state index contributed by atoms with van der Waals surface area (Å²) in [5.41, 5.74) is 0.713. The number of hydrogen-bond acceptors (Lipinski definition) is 4. The van der Waals surface area contributed by atoms with E-state index in [4.69, 9.17) is 0 Å². The molecule has 0 spiro atoms. The van der Waals surface area contributed by atoms with Gasteiger partial charge in [-0.2, -0.15) is 0 Å². The predicted molar refractivity (Wildman–Crippen MR) is 76.0 cm³/mol. The summed E-state index contributed by atoms with van der Waals surface area (Å²) >= 11 is 0. The maximum Gasteiger partial charge on any atom is 0.226 e. The average molecular weight is 276 g/mol. The molecule has 6 nitrogen and oxygen atoms in total. The van der Waals surface area contributed by atoms with Crippen molar-refractivity contribution in [1.82, 2.24) is 15.6 Å². The van der Waals surface area contributed by atoms with E-state index in [0.717, 1.165) is 13.1 Å². The Labute approximate surface area is 118 Å². The summed E-state index contributed by atoms with van der Waals surface area (Å²) in [4.78, 5) is 27.4. The molecule has 0 radical (unpaired) electrons. The van der Waals surface area contributed by atoms with Crippen molar-refractivity contribution in [2.24, 2.45) is 11.8 Å². The molecule has 1 aliphatic heterocycles. The lowest BCUT2D eigenvalue weighted by Crippen LogP contribution is -2.49. The zero-order valence-corrected chi connectivity index (χ0v) is 11.6. The van der Waals surface area contributed by atoms with Crippen molar-refractivity contribution in [1.29, 1.82) is 0 Å². The normalized spacial score (nSPS) is 16.1. The molecule has 0 saturated carbocycles. The number of carbonyl (C=O) groups excluding carboxylic acids is 2. The summed E-state index contributed by atoms with van der Waals surface area (Å²) in [7, 11) is 0. The second-order valence-corrected chi connectivity index (χ2v) is 5.03. The quantitative estimate of drug-likeness (QED) is 0.701. The summed E-state index contributed by atoms with van der Waals surface area (Å²) in [6, 6.07) is 3.45. The van der Waals surface area contributed by atoms with E-state index >= 15 is 0 Å². The van der Waals surface area contributed by atoms with Crippen molar-refractivity contribution in [2.75, 3.05) is 25.0 Å². The topological polar surface area (TPSA) is 83.1 Å². The molecule has 2 heterocycles. The molecule has 3 N–H and O–H groups in total. The summed E-state index contributed by atoms with van der Waals surface area (Å²) in [5, 5.41) is 8.71. The van der Waals surface area contributed by atoms with Gasteiger partial charge in [0.25, 0.3) is 0 Å². The lowest BCUT2D eigenvalue weighted by molar-refractivity contribution is -0.126. The van der Waals surface area contributed by atoms with E-state index in [-0.39, 0.29) is 24.2 Å². The fourth-order valence-corrected chi connectivity index (χ4v) is 2.00. The summed E-state index contributed by atoms with van der Waals surface area (Å²) in [6.07, 6.45) is 3.50. The van der Waals surface area contributed by atoms with Gasteiger partial charge in [0.05, 0.1) is 0 Å². The molecule has 20 heavy (non-hydrogen) atoms. The average Bonchev–Trinajstić information content (AvgIpc) is 2.37. The highest BCUT2D eigenvalue weighted by molar-refractivity contribution is 5.91. The van der Waals surface area contributed by atoms with Crippen LogP contribution in [0.1, 0.15) is 13.3 Å². The number of aromatic nitrogens is 1. The zero-order chi connectivity index (χ0) is 14.4. The van der Waals surface area contributed by atoms with Gasteiger partial charge in [-0.1, -0.05) is 6.92 Å². The number of carbonyl (C=O) groups is 2. The van der Waals surface area contributed by atoms with Crippen LogP contribution in [0.5, 0.6) is 0 Å². The minimum absolute atomic E-state index is 0.000455. The second kappa shape index (κ2) is 7.00. The molecule has 2 amide bonds. The third kappa shape index (κ3) is 4.03. The fourth-order valence-electron chi connectivity index (χ4n) is 2.00. The van der Waals surface area contributed by atoms with Gasteiger partial charge in [0.1, 0.15) is 0 Å². The number of rotatable bonds is 6. The van der Waals surface area contributed by atoms with E-state index in [9.17, 15) is 9.59 Å². The molecular formula is C14H20N4O2. The maximum absolute atomic E-state index is 11.8. The van der Waals surface area contributed by atoms with Gasteiger partial charge in [-0.25, -0.2) is 0 Å². The summed E-state index contributed by atoms with van der Waals surface area (Å²) in [6.45, 7) is 4.09. The maximum atomic E-state index is 11.8. The van der Waals surface area contributed by atoms with Crippen LogP contribution in [0.4, 0.5) is 5.69 Å². The van der Waals surface area contributed by atoms with Crippen molar-refractivity contribution >= 4 is 17.5 Å². The lowest BCUT2D eigenvalue weighted by Gasteiger charge is -2.31. The van der Waals surface area contributed by atoms with Crippen molar-refractivity contribution in [3.05, 3.63) is 24.5 Å². The van der Waals surface area contributed by atoms with Crippen LogP contribution in [-0.4, -0.2) is 36.4 Å². The van der Waals surface area contributed by atoms with Gasteiger partial charge in [-0.05, 0) is 31.1 Å². The Kier molecular flexibility index (Phi) is 5.06. The first-order valence-electron chi connectivity index (χ1n) is 6.85. The molecule has 1 aromatic heterocycles. The molecule has 1 aromatic rings. The second-order valence-electron chi connectivity index (χ2n) is 5.03. The molecule has 108 valence electrons. The predicted octanol–water partition coefficient (Wildman–Crippen LogP) is 0.382. The number of nitrogens with zero attached hydrogens (tertiary/aromatic N) is 1. The van der Waals surface area contributed by atoms with Crippen LogP contribution in [0, 0.1) is 11.8 Å². The first kappa shape index (κ1) is 14.5. The van der Waals surface area contributed by atoms with Gasteiger partial charge in [-0.15, -0.1) is 0 Å². The zero-order valence-electron chi connectivity index (χ0n) is 11.6. The molecular weight excluding hydrogens is 256 g/mol. The molecule has 1 fully saturated rings. The first-order valence-corrected chi connectivity index (χ1v) is 6.85. The summed E-state index contributed by atoms with van der Waals surface area (Å²) < 4.78 is 0. The van der Waals surface area contributed by atoms with Crippen LogP contribution in [0.25, 0.3) is 0 Å². The van der Waals surface area contributed by atoms with E-state index in [2.05, 4.69) is 20.9 Å². The molecule has 0 aliphatic carbocycles. The highest BCUT2D eigenvalue weighted by Crippen LogP contribution is 2.15. The third-order valence-corrected chi connectivity index (χ3v) is 3.55. The van der Waals surface area contributed by atoms with E-state index < -0.39 is 0 Å². The number of nitrogens with one attached hydrogen (secondary N) is 3. The van der Waals surface area contributed by atoms with Crippen LogP contribution in [0.2, 0.25) is 0 Å². The Morgan fingerprint density at radius 3 is 2.70 bits per heavy atom. The number of amides is 2. The summed E-state index contributed by atoms with van der Waals surface area (Å²) in [5.74, 6) is 0.322. The van der Waals surface area contributed by atoms with Crippen LogP contribution in [-0.2, 0) is 9.59 Å². The fraction of sp³-hybridized carbons (Fsp3) is 0.500. The Hall–Kier alpha value is -1.95. The van der Waals surface area contributed by atoms with Crippen molar-refractivity contribution in [3.8, 4) is 0 Å². The SMILES string of the molecule is CC(C(=O)NCCC(=O)Nc1ccncc1)C1CNC1. The molecule has 6 heteroatoms. The van der Waals surface area contributed by atoms with Gasteiger partial charge < -0.3 is 16.0 Å². The Morgan fingerprint density at radius 2 is 2.10 bits per heavy atom. The Balaban J connectivity index is 1.65. The molecule has 0 bridgehead atoms. The lowest BCUT2D eigenvalue weighted by atomic mass is 9.88. The van der Waals surface area contributed by atoms with Crippen LogP contribution >= 0.6 is 0 Å².